The highest BCUT2D eigenvalue weighted by Gasteiger charge is 2.07. The van der Waals surface area contributed by atoms with Gasteiger partial charge in [-0.2, -0.15) is 4.57 Å². The van der Waals surface area contributed by atoms with E-state index in [1.165, 1.54) is 40.2 Å². The van der Waals surface area contributed by atoms with Crippen molar-refractivity contribution in [1.29, 1.82) is 0 Å². The molecule has 1 heterocycles. The number of hydrogen-bond acceptors (Lipinski definition) is 0. The normalized spacial score (nSPS) is 11.0. The predicted octanol–water partition coefficient (Wildman–Crippen LogP) is 6.07. The van der Waals surface area contributed by atoms with Gasteiger partial charge in [-0.05, 0) is 55.2 Å². The molecule has 118 valence electrons. The fraction of sp³-hybridized carbons (Fsp3) is 0.250. The number of para-hydroxylation sites is 1. The van der Waals surface area contributed by atoms with E-state index in [1.807, 2.05) is 0 Å². The Labute approximate surface area is 154 Å². The van der Waals surface area contributed by atoms with Gasteiger partial charge in [0.15, 0.2) is 6.20 Å². The highest BCUT2D eigenvalue weighted by Crippen LogP contribution is 2.23. The summed E-state index contributed by atoms with van der Waals surface area (Å²) in [4.78, 5) is 0. The third-order valence-corrected chi connectivity index (χ3v) is 5.41. The van der Waals surface area contributed by atoms with Crippen molar-refractivity contribution >= 4 is 42.8 Å². The molecule has 0 N–H and O–H groups in total. The molecular formula is C20H20Br2N+. The average Bonchev–Trinajstić information content (AvgIpc) is 2.57. The zero-order chi connectivity index (χ0) is 16.1. The van der Waals surface area contributed by atoms with Gasteiger partial charge in [0, 0.05) is 32.9 Å². The molecule has 0 saturated heterocycles. The zero-order valence-corrected chi connectivity index (χ0v) is 16.2. The predicted molar refractivity (Wildman–Crippen MR) is 104 cm³/mol. The number of unbranched alkanes of at least 4 members (excludes halogenated alkanes) is 2. The lowest BCUT2D eigenvalue weighted by Crippen LogP contribution is -2.33. The molecule has 0 bridgehead atoms. The van der Waals surface area contributed by atoms with Gasteiger partial charge < -0.3 is 0 Å². The molecule has 0 spiro atoms. The number of benzene rings is 2. The van der Waals surface area contributed by atoms with Crippen molar-refractivity contribution in [3.05, 3.63) is 75.3 Å². The van der Waals surface area contributed by atoms with E-state index < -0.39 is 0 Å². The first-order valence-corrected chi connectivity index (χ1v) is 9.64. The summed E-state index contributed by atoms with van der Waals surface area (Å²) >= 11 is 7.19. The van der Waals surface area contributed by atoms with Gasteiger partial charge in [0.1, 0.15) is 6.54 Å². The number of aromatic nitrogens is 1. The lowest BCUT2D eigenvalue weighted by molar-refractivity contribution is -0.671. The molecule has 0 unspecified atom stereocenters. The minimum absolute atomic E-state index is 1.08. The van der Waals surface area contributed by atoms with E-state index in [0.717, 1.165) is 17.4 Å². The first-order valence-electron chi connectivity index (χ1n) is 8.05. The maximum Gasteiger partial charge on any atom is 0.212 e. The SMILES string of the molecule is Brc1ccc(Br)c(CCCCC[n+]2cccc3ccccc32)c1. The van der Waals surface area contributed by atoms with E-state index in [9.17, 15) is 0 Å². The van der Waals surface area contributed by atoms with E-state index in [1.54, 1.807) is 0 Å². The lowest BCUT2D eigenvalue weighted by atomic mass is 10.1. The van der Waals surface area contributed by atoms with Gasteiger partial charge in [-0.1, -0.05) is 44.0 Å². The Morgan fingerprint density at radius 3 is 2.57 bits per heavy atom. The van der Waals surface area contributed by atoms with Crippen molar-refractivity contribution in [3.8, 4) is 0 Å². The first-order chi connectivity index (χ1) is 11.2. The summed E-state index contributed by atoms with van der Waals surface area (Å²) in [5.74, 6) is 0. The standard InChI is InChI=1S/C20H20Br2N/c21-18-11-12-19(22)17(15-18)8-2-1-5-13-23-14-6-9-16-7-3-4-10-20(16)23/h3-4,6-7,9-12,14-15H,1-2,5,8,13H2/q+1. The molecule has 0 saturated carbocycles. The molecule has 0 aliphatic heterocycles. The van der Waals surface area contributed by atoms with Crippen molar-refractivity contribution in [2.75, 3.05) is 0 Å². The summed E-state index contributed by atoms with van der Waals surface area (Å²) in [6.45, 7) is 1.08. The third kappa shape index (κ3) is 4.42. The molecule has 3 aromatic rings. The van der Waals surface area contributed by atoms with E-state index in [-0.39, 0.29) is 0 Å². The van der Waals surface area contributed by atoms with Crippen LogP contribution in [0.4, 0.5) is 0 Å². The Kier molecular flexibility index (Phi) is 5.85. The smallest absolute Gasteiger partial charge is 0.198 e. The largest absolute Gasteiger partial charge is 0.212 e. The highest BCUT2D eigenvalue weighted by molar-refractivity contribution is 9.11. The van der Waals surface area contributed by atoms with E-state index in [0.29, 0.717) is 0 Å². The number of rotatable bonds is 6. The summed E-state index contributed by atoms with van der Waals surface area (Å²) in [6, 6.07) is 19.3. The Morgan fingerprint density at radius 1 is 0.826 bits per heavy atom. The molecule has 0 atom stereocenters. The van der Waals surface area contributed by atoms with Crippen molar-refractivity contribution < 1.29 is 4.57 Å². The molecule has 0 amide bonds. The number of hydrogen-bond donors (Lipinski definition) is 0. The topological polar surface area (TPSA) is 3.88 Å². The minimum atomic E-state index is 1.08. The molecule has 23 heavy (non-hydrogen) atoms. The van der Waals surface area contributed by atoms with Crippen LogP contribution in [0.3, 0.4) is 0 Å². The molecule has 2 aromatic carbocycles. The van der Waals surface area contributed by atoms with E-state index in [2.05, 4.69) is 97.2 Å². The third-order valence-electron chi connectivity index (χ3n) is 4.14. The van der Waals surface area contributed by atoms with Gasteiger partial charge in [-0.15, -0.1) is 0 Å². The molecule has 3 heteroatoms. The van der Waals surface area contributed by atoms with Gasteiger partial charge >= 0.3 is 0 Å². The van der Waals surface area contributed by atoms with Crippen LogP contribution in [0.2, 0.25) is 0 Å². The van der Waals surface area contributed by atoms with Crippen molar-refractivity contribution in [2.24, 2.45) is 0 Å². The van der Waals surface area contributed by atoms with Crippen LogP contribution in [0, 0.1) is 0 Å². The van der Waals surface area contributed by atoms with Crippen LogP contribution in [0.1, 0.15) is 24.8 Å². The maximum atomic E-state index is 3.64. The molecule has 0 aliphatic carbocycles. The van der Waals surface area contributed by atoms with Crippen LogP contribution in [0.15, 0.2) is 69.7 Å². The Morgan fingerprint density at radius 2 is 1.65 bits per heavy atom. The van der Waals surface area contributed by atoms with Crippen molar-refractivity contribution in [3.63, 3.8) is 0 Å². The second-order valence-electron chi connectivity index (χ2n) is 5.81. The molecule has 1 nitrogen and oxygen atoms in total. The first kappa shape index (κ1) is 16.7. The van der Waals surface area contributed by atoms with E-state index >= 15 is 0 Å². The van der Waals surface area contributed by atoms with Gasteiger partial charge in [-0.3, -0.25) is 0 Å². The second-order valence-corrected chi connectivity index (χ2v) is 7.58. The Balaban J connectivity index is 1.52. The summed E-state index contributed by atoms with van der Waals surface area (Å²) < 4.78 is 4.73. The van der Waals surface area contributed by atoms with Gasteiger partial charge in [0.2, 0.25) is 5.52 Å². The molecule has 3 rings (SSSR count). The van der Waals surface area contributed by atoms with Crippen LogP contribution in [-0.2, 0) is 13.0 Å². The molecule has 0 radical (unpaired) electrons. The van der Waals surface area contributed by atoms with Gasteiger partial charge in [0.05, 0.1) is 0 Å². The second kappa shape index (κ2) is 8.07. The summed E-state index contributed by atoms with van der Waals surface area (Å²) in [5, 5.41) is 1.31. The fourth-order valence-electron chi connectivity index (χ4n) is 2.93. The van der Waals surface area contributed by atoms with E-state index in [4.69, 9.17) is 0 Å². The number of pyridine rings is 1. The van der Waals surface area contributed by atoms with Crippen molar-refractivity contribution in [1.82, 2.24) is 0 Å². The Bertz CT molecular complexity index is 793. The monoisotopic (exact) mass is 432 g/mol. The number of fused-ring (bicyclic) bond motifs is 1. The molecule has 1 aromatic heterocycles. The number of aryl methyl sites for hydroxylation is 2. The number of nitrogens with zero attached hydrogens (tertiary/aromatic N) is 1. The van der Waals surface area contributed by atoms with Crippen LogP contribution in [-0.4, -0.2) is 0 Å². The van der Waals surface area contributed by atoms with Crippen LogP contribution >= 0.6 is 31.9 Å². The quantitative estimate of drug-likeness (QED) is 0.328. The molecule has 0 fully saturated rings. The highest BCUT2D eigenvalue weighted by atomic mass is 79.9. The lowest BCUT2D eigenvalue weighted by Gasteiger charge is -2.05. The summed E-state index contributed by atoms with van der Waals surface area (Å²) in [7, 11) is 0. The minimum Gasteiger partial charge on any atom is -0.198 e. The maximum absolute atomic E-state index is 3.64. The van der Waals surface area contributed by atoms with Gasteiger partial charge in [0.25, 0.3) is 0 Å². The summed E-state index contributed by atoms with van der Waals surface area (Å²) in [5.41, 5.74) is 2.71. The zero-order valence-electron chi connectivity index (χ0n) is 13.0. The van der Waals surface area contributed by atoms with Crippen LogP contribution in [0.5, 0.6) is 0 Å². The van der Waals surface area contributed by atoms with Gasteiger partial charge in [-0.25, -0.2) is 0 Å². The van der Waals surface area contributed by atoms with Crippen molar-refractivity contribution in [2.45, 2.75) is 32.2 Å². The van der Waals surface area contributed by atoms with Crippen LogP contribution < -0.4 is 4.57 Å². The Hall–Kier alpha value is -1.19. The number of halogens is 2. The molecular weight excluding hydrogens is 414 g/mol. The average molecular weight is 434 g/mol. The molecule has 0 aliphatic rings. The van der Waals surface area contributed by atoms with Crippen LogP contribution in [0.25, 0.3) is 10.9 Å². The summed E-state index contributed by atoms with van der Waals surface area (Å²) in [6.07, 6.45) is 6.99. The fourth-order valence-corrected chi connectivity index (χ4v) is 3.78.